The molecule has 258 valence electrons. The summed E-state index contributed by atoms with van der Waals surface area (Å²) >= 11 is 1.87. The maximum absolute atomic E-state index is 6.32. The molecule has 11 rings (SSSR count). The number of fused-ring (bicyclic) bond motifs is 7. The van der Waals surface area contributed by atoms with Crippen LogP contribution in [0.5, 0.6) is 0 Å². The van der Waals surface area contributed by atoms with Gasteiger partial charge in [-0.15, -0.1) is 11.3 Å². The maximum atomic E-state index is 6.32. The Bertz CT molecular complexity index is 3240. The topological polar surface area (TPSA) is 16.4 Å². The minimum absolute atomic E-state index is 0.894. The summed E-state index contributed by atoms with van der Waals surface area (Å²) in [6.07, 6.45) is 0. The van der Waals surface area contributed by atoms with E-state index in [1.807, 2.05) is 23.5 Å². The predicted octanol–water partition coefficient (Wildman–Crippen LogP) is 15.6. The Labute approximate surface area is 322 Å². The molecular weight excluding hydrogens is 687 g/mol. The van der Waals surface area contributed by atoms with E-state index in [-0.39, 0.29) is 0 Å². The van der Waals surface area contributed by atoms with Crippen LogP contribution >= 0.6 is 11.3 Å². The molecule has 0 saturated heterocycles. The van der Waals surface area contributed by atoms with Crippen molar-refractivity contribution in [3.63, 3.8) is 0 Å². The molecule has 0 fully saturated rings. The fraction of sp³-hybridized carbons (Fsp3) is 0. The molecule has 0 aliphatic heterocycles. The maximum Gasteiger partial charge on any atom is 0.136 e. The minimum Gasteiger partial charge on any atom is -0.456 e. The fourth-order valence-corrected chi connectivity index (χ4v) is 9.45. The molecule has 55 heavy (non-hydrogen) atoms. The smallest absolute Gasteiger partial charge is 0.136 e. The lowest BCUT2D eigenvalue weighted by atomic mass is 9.97. The van der Waals surface area contributed by atoms with Crippen molar-refractivity contribution in [3.8, 4) is 33.4 Å². The molecule has 0 unspecified atom stereocenters. The van der Waals surface area contributed by atoms with E-state index in [0.717, 1.165) is 50.1 Å². The fourth-order valence-electron chi connectivity index (χ4n) is 8.21. The molecule has 2 heterocycles. The highest BCUT2D eigenvalue weighted by atomic mass is 32.1. The van der Waals surface area contributed by atoms with Gasteiger partial charge in [-0.25, -0.2) is 0 Å². The summed E-state index contributed by atoms with van der Waals surface area (Å²) in [5.41, 5.74) is 12.1. The summed E-state index contributed by atoms with van der Waals surface area (Å²) < 4.78 is 8.94. The zero-order valence-electron chi connectivity index (χ0n) is 29.8. The molecule has 0 saturated carbocycles. The molecule has 0 N–H and O–H groups in total. The number of hydrogen-bond acceptors (Lipinski definition) is 3. The average Bonchev–Trinajstić information content (AvgIpc) is 3.82. The van der Waals surface area contributed by atoms with Crippen molar-refractivity contribution < 1.29 is 4.42 Å². The first-order valence-corrected chi connectivity index (χ1v) is 19.5. The quantitative estimate of drug-likeness (QED) is 0.170. The summed E-state index contributed by atoms with van der Waals surface area (Å²) in [7, 11) is 0. The number of para-hydroxylation sites is 2. The van der Waals surface area contributed by atoms with Gasteiger partial charge in [0.1, 0.15) is 11.2 Å². The predicted molar refractivity (Wildman–Crippen MR) is 235 cm³/mol. The van der Waals surface area contributed by atoms with Gasteiger partial charge in [-0.1, -0.05) is 140 Å². The van der Waals surface area contributed by atoms with Crippen LogP contribution in [0.1, 0.15) is 0 Å². The molecule has 0 spiro atoms. The van der Waals surface area contributed by atoms with E-state index in [0.29, 0.717) is 0 Å². The molecule has 3 heteroatoms. The van der Waals surface area contributed by atoms with Gasteiger partial charge in [0.25, 0.3) is 0 Å². The van der Waals surface area contributed by atoms with Crippen molar-refractivity contribution in [1.29, 1.82) is 0 Å². The Morgan fingerprint density at radius 3 is 1.89 bits per heavy atom. The summed E-state index contributed by atoms with van der Waals surface area (Å²) in [5, 5.41) is 7.34. The van der Waals surface area contributed by atoms with Crippen LogP contribution in [0.2, 0.25) is 0 Å². The molecule has 9 aromatic carbocycles. The van der Waals surface area contributed by atoms with Gasteiger partial charge in [0.05, 0.1) is 5.69 Å². The van der Waals surface area contributed by atoms with E-state index in [9.17, 15) is 0 Å². The van der Waals surface area contributed by atoms with Crippen molar-refractivity contribution in [2.24, 2.45) is 0 Å². The number of furan rings is 1. The van der Waals surface area contributed by atoms with Gasteiger partial charge in [-0.2, -0.15) is 0 Å². The Hall–Kier alpha value is -6.94. The number of rotatable bonds is 6. The normalized spacial score (nSPS) is 11.6. The lowest BCUT2D eigenvalue weighted by molar-refractivity contribution is 0.669. The molecule has 0 amide bonds. The second kappa shape index (κ2) is 12.9. The Morgan fingerprint density at radius 1 is 0.364 bits per heavy atom. The molecule has 11 aromatic rings. The zero-order chi connectivity index (χ0) is 36.3. The molecule has 0 aliphatic carbocycles. The van der Waals surface area contributed by atoms with Crippen LogP contribution in [0.15, 0.2) is 205 Å². The van der Waals surface area contributed by atoms with Crippen LogP contribution in [0.25, 0.3) is 86.3 Å². The molecular formula is C52H33NOS. The van der Waals surface area contributed by atoms with Gasteiger partial charge in [0.2, 0.25) is 0 Å². The summed E-state index contributed by atoms with van der Waals surface area (Å²) in [6, 6.07) is 72.3. The highest BCUT2D eigenvalue weighted by molar-refractivity contribution is 7.26. The van der Waals surface area contributed by atoms with E-state index < -0.39 is 0 Å². The minimum atomic E-state index is 0.894. The molecule has 2 aromatic heterocycles. The van der Waals surface area contributed by atoms with E-state index in [4.69, 9.17) is 4.42 Å². The largest absolute Gasteiger partial charge is 0.456 e. The average molecular weight is 720 g/mol. The van der Waals surface area contributed by atoms with Crippen molar-refractivity contribution >= 4 is 81.3 Å². The van der Waals surface area contributed by atoms with Gasteiger partial charge in [0.15, 0.2) is 0 Å². The van der Waals surface area contributed by atoms with Crippen LogP contribution in [0.3, 0.4) is 0 Å². The van der Waals surface area contributed by atoms with Crippen LogP contribution < -0.4 is 4.90 Å². The van der Waals surface area contributed by atoms with E-state index in [1.165, 1.54) is 53.2 Å². The van der Waals surface area contributed by atoms with Gasteiger partial charge in [-0.05, 0) is 99.3 Å². The van der Waals surface area contributed by atoms with Gasteiger partial charge < -0.3 is 9.32 Å². The van der Waals surface area contributed by atoms with Gasteiger partial charge in [-0.3, -0.25) is 0 Å². The first-order valence-electron chi connectivity index (χ1n) is 18.7. The number of thiophene rings is 1. The third kappa shape index (κ3) is 5.40. The highest BCUT2D eigenvalue weighted by Crippen LogP contribution is 2.45. The third-order valence-electron chi connectivity index (χ3n) is 10.8. The summed E-state index contributed by atoms with van der Waals surface area (Å²) in [4.78, 5) is 2.42. The van der Waals surface area contributed by atoms with Crippen molar-refractivity contribution in [3.05, 3.63) is 200 Å². The Kier molecular flexibility index (Phi) is 7.39. The monoisotopic (exact) mass is 719 g/mol. The molecule has 0 atom stereocenters. The highest BCUT2D eigenvalue weighted by Gasteiger charge is 2.20. The first-order chi connectivity index (χ1) is 27.2. The summed E-state index contributed by atoms with van der Waals surface area (Å²) in [5.74, 6) is 0. The number of anilines is 3. The third-order valence-corrected chi connectivity index (χ3v) is 12.1. The summed E-state index contributed by atoms with van der Waals surface area (Å²) in [6.45, 7) is 0. The Balaban J connectivity index is 1.10. The second-order valence-electron chi connectivity index (χ2n) is 14.1. The van der Waals surface area contributed by atoms with Crippen LogP contribution in [0, 0.1) is 0 Å². The molecule has 0 bridgehead atoms. The van der Waals surface area contributed by atoms with Crippen molar-refractivity contribution in [1.82, 2.24) is 0 Å². The standard InChI is InChI=1S/C52H33NOS/c1-2-13-35-30-39(27-26-34(35)12-1)42-18-3-6-23-48(42)53(40-16-9-14-36(31-40)37-28-29-45-44-19-4-7-24-49(44)54-50(45)33-37)41-17-10-15-38(32-41)43-21-11-22-47-46-20-5-8-25-51(46)55-52(43)47/h1-33H. The lowest BCUT2D eigenvalue weighted by Crippen LogP contribution is -2.11. The van der Waals surface area contributed by atoms with Crippen LogP contribution in [-0.4, -0.2) is 0 Å². The number of nitrogens with zero attached hydrogens (tertiary/aromatic N) is 1. The van der Waals surface area contributed by atoms with Gasteiger partial charge >= 0.3 is 0 Å². The molecule has 2 nitrogen and oxygen atoms in total. The van der Waals surface area contributed by atoms with E-state index in [1.54, 1.807) is 0 Å². The molecule has 0 aliphatic rings. The van der Waals surface area contributed by atoms with Crippen LogP contribution in [-0.2, 0) is 0 Å². The SMILES string of the molecule is c1cc(-c2ccc3c(c2)oc2ccccc23)cc(N(c2cccc(-c3cccc4c3sc3ccccc34)c2)c2ccccc2-c2ccc3ccccc3c2)c1. The second-order valence-corrected chi connectivity index (χ2v) is 15.2. The Morgan fingerprint density at radius 2 is 0.982 bits per heavy atom. The van der Waals surface area contributed by atoms with E-state index >= 15 is 0 Å². The first kappa shape index (κ1) is 31.6. The van der Waals surface area contributed by atoms with Gasteiger partial charge in [0, 0.05) is 47.9 Å². The van der Waals surface area contributed by atoms with Crippen LogP contribution in [0.4, 0.5) is 17.1 Å². The number of hydrogen-bond donors (Lipinski definition) is 0. The molecule has 0 radical (unpaired) electrons. The number of benzene rings is 9. The van der Waals surface area contributed by atoms with E-state index in [2.05, 4.69) is 193 Å². The van der Waals surface area contributed by atoms with Crippen molar-refractivity contribution in [2.45, 2.75) is 0 Å². The zero-order valence-corrected chi connectivity index (χ0v) is 30.6. The van der Waals surface area contributed by atoms with Crippen molar-refractivity contribution in [2.75, 3.05) is 4.90 Å². The lowest BCUT2D eigenvalue weighted by Gasteiger charge is -2.29.